The van der Waals surface area contributed by atoms with Crippen LogP contribution >= 0.6 is 27.3 Å². The van der Waals surface area contributed by atoms with Gasteiger partial charge in [0.05, 0.1) is 17.3 Å². The zero-order chi connectivity index (χ0) is 15.0. The van der Waals surface area contributed by atoms with E-state index in [4.69, 9.17) is 10.00 Å². The van der Waals surface area contributed by atoms with E-state index < -0.39 is 0 Å². The lowest BCUT2D eigenvalue weighted by atomic mass is 10.1. The highest BCUT2D eigenvalue weighted by Crippen LogP contribution is 2.33. The van der Waals surface area contributed by atoms with Crippen LogP contribution in [0.3, 0.4) is 0 Å². The summed E-state index contributed by atoms with van der Waals surface area (Å²) in [6, 6.07) is 5.81. The van der Waals surface area contributed by atoms with Crippen LogP contribution in [0.2, 0.25) is 0 Å². The molecule has 0 bridgehead atoms. The molecule has 0 fully saturated rings. The summed E-state index contributed by atoms with van der Waals surface area (Å²) in [5.74, 6) is 1.37. The average molecular weight is 362 g/mol. The number of aryl methyl sites for hydroxylation is 2. The summed E-state index contributed by atoms with van der Waals surface area (Å²) in [7, 11) is 0. The van der Waals surface area contributed by atoms with Gasteiger partial charge >= 0.3 is 0 Å². The maximum absolute atomic E-state index is 9.01. The Morgan fingerprint density at radius 2 is 2.10 bits per heavy atom. The van der Waals surface area contributed by atoms with Gasteiger partial charge in [0, 0.05) is 16.9 Å². The normalized spacial score (nSPS) is 10.8. The third-order valence-electron chi connectivity index (χ3n) is 3.24. The lowest BCUT2D eigenvalue weighted by Gasteiger charge is -2.11. The van der Waals surface area contributed by atoms with Crippen LogP contribution in [0.25, 0.3) is 4.96 Å². The highest BCUT2D eigenvalue weighted by molar-refractivity contribution is 9.08. The molecular formula is C15H12BrN3OS. The van der Waals surface area contributed by atoms with Crippen LogP contribution in [0.4, 0.5) is 0 Å². The zero-order valence-corrected chi connectivity index (χ0v) is 14.0. The molecule has 0 atom stereocenters. The first kappa shape index (κ1) is 14.1. The molecule has 6 heteroatoms. The fraction of sp³-hybridized carbons (Fsp3) is 0.200. The number of aromatic nitrogens is 2. The van der Waals surface area contributed by atoms with Crippen molar-refractivity contribution < 1.29 is 4.74 Å². The van der Waals surface area contributed by atoms with E-state index in [-0.39, 0.29) is 0 Å². The second-order valence-electron chi connectivity index (χ2n) is 4.71. The first-order chi connectivity index (χ1) is 10.1. The first-order valence-corrected chi connectivity index (χ1v) is 8.33. The van der Waals surface area contributed by atoms with E-state index in [1.165, 1.54) is 0 Å². The van der Waals surface area contributed by atoms with Gasteiger partial charge in [0.2, 0.25) is 5.88 Å². The topological polar surface area (TPSA) is 50.3 Å². The molecule has 3 rings (SSSR count). The number of nitrogens with zero attached hydrogens (tertiary/aromatic N) is 3. The molecule has 0 spiro atoms. The van der Waals surface area contributed by atoms with E-state index in [1.807, 2.05) is 42.0 Å². The highest BCUT2D eigenvalue weighted by atomic mass is 79.9. The summed E-state index contributed by atoms with van der Waals surface area (Å²) in [4.78, 5) is 5.43. The molecule has 0 aliphatic carbocycles. The van der Waals surface area contributed by atoms with Crippen molar-refractivity contribution >= 4 is 32.2 Å². The van der Waals surface area contributed by atoms with Gasteiger partial charge in [-0.15, -0.1) is 11.3 Å². The number of hydrogen-bond acceptors (Lipinski definition) is 4. The molecule has 0 N–H and O–H groups in total. The Morgan fingerprint density at radius 1 is 1.38 bits per heavy atom. The van der Waals surface area contributed by atoms with E-state index >= 15 is 0 Å². The monoisotopic (exact) mass is 361 g/mol. The number of alkyl halides is 1. The number of ether oxygens (including phenoxy) is 1. The van der Waals surface area contributed by atoms with Gasteiger partial charge in [-0.25, -0.2) is 0 Å². The molecule has 0 unspecified atom stereocenters. The molecule has 0 radical (unpaired) electrons. The molecule has 106 valence electrons. The van der Waals surface area contributed by atoms with E-state index in [2.05, 4.69) is 27.0 Å². The standard InChI is InChI=1S/C15H12BrN3OS/c1-9-5-11(8-17)6-10(2)13(9)20-14-12(7-16)19-3-4-21-15(19)18-14/h3-6H,7H2,1-2H3. The second-order valence-corrected chi connectivity index (χ2v) is 6.14. The van der Waals surface area contributed by atoms with Crippen molar-refractivity contribution in [2.45, 2.75) is 19.2 Å². The molecule has 0 saturated heterocycles. The molecule has 2 aromatic heterocycles. The van der Waals surface area contributed by atoms with E-state index in [0.29, 0.717) is 16.8 Å². The Kier molecular flexibility index (Phi) is 3.70. The predicted octanol–water partition coefficient (Wildman–Crippen LogP) is 4.57. The van der Waals surface area contributed by atoms with Gasteiger partial charge in [0.25, 0.3) is 0 Å². The maximum Gasteiger partial charge on any atom is 0.243 e. The van der Waals surface area contributed by atoms with Crippen molar-refractivity contribution in [3.8, 4) is 17.7 Å². The smallest absolute Gasteiger partial charge is 0.243 e. The minimum atomic E-state index is 0.606. The number of benzene rings is 1. The van der Waals surface area contributed by atoms with Gasteiger partial charge in [-0.2, -0.15) is 10.2 Å². The SMILES string of the molecule is Cc1cc(C#N)cc(C)c1Oc1nc2sccn2c1CBr. The number of nitriles is 1. The van der Waals surface area contributed by atoms with Crippen LogP contribution in [-0.4, -0.2) is 9.38 Å². The fourth-order valence-corrected chi connectivity index (χ4v) is 3.52. The summed E-state index contributed by atoms with van der Waals surface area (Å²) in [6.45, 7) is 3.88. The van der Waals surface area contributed by atoms with Crippen LogP contribution in [-0.2, 0) is 5.33 Å². The fourth-order valence-electron chi connectivity index (χ4n) is 2.29. The number of imidazole rings is 1. The van der Waals surface area contributed by atoms with Crippen LogP contribution in [0.15, 0.2) is 23.7 Å². The number of fused-ring (bicyclic) bond motifs is 1. The maximum atomic E-state index is 9.01. The molecule has 0 aliphatic rings. The number of hydrogen-bond donors (Lipinski definition) is 0. The van der Waals surface area contributed by atoms with Crippen molar-refractivity contribution in [1.82, 2.24) is 9.38 Å². The number of halogens is 1. The van der Waals surface area contributed by atoms with Gasteiger partial charge in [-0.3, -0.25) is 4.40 Å². The Balaban J connectivity index is 2.06. The lowest BCUT2D eigenvalue weighted by molar-refractivity contribution is 0.455. The van der Waals surface area contributed by atoms with Crippen LogP contribution in [0, 0.1) is 25.2 Å². The lowest BCUT2D eigenvalue weighted by Crippen LogP contribution is -1.95. The Bertz CT molecular complexity index is 837. The van der Waals surface area contributed by atoms with E-state index in [9.17, 15) is 0 Å². The minimum absolute atomic E-state index is 0.606. The van der Waals surface area contributed by atoms with Crippen molar-refractivity contribution in [2.75, 3.05) is 0 Å². The van der Waals surface area contributed by atoms with Crippen molar-refractivity contribution in [2.24, 2.45) is 0 Å². The van der Waals surface area contributed by atoms with Crippen molar-refractivity contribution in [3.05, 3.63) is 46.1 Å². The van der Waals surface area contributed by atoms with Crippen molar-refractivity contribution in [3.63, 3.8) is 0 Å². The first-order valence-electron chi connectivity index (χ1n) is 6.33. The van der Waals surface area contributed by atoms with Crippen LogP contribution in [0.1, 0.15) is 22.4 Å². The summed E-state index contributed by atoms with van der Waals surface area (Å²) in [6.07, 6.45) is 1.98. The van der Waals surface area contributed by atoms with Gasteiger partial charge in [-0.05, 0) is 37.1 Å². The summed E-state index contributed by atoms with van der Waals surface area (Å²) >= 11 is 5.06. The van der Waals surface area contributed by atoms with Gasteiger partial charge < -0.3 is 4.74 Å². The molecule has 21 heavy (non-hydrogen) atoms. The number of rotatable bonds is 3. The Hall–Kier alpha value is -1.84. The zero-order valence-electron chi connectivity index (χ0n) is 11.6. The predicted molar refractivity (Wildman–Crippen MR) is 86.4 cm³/mol. The van der Waals surface area contributed by atoms with Crippen LogP contribution in [0.5, 0.6) is 11.6 Å². The molecule has 0 amide bonds. The van der Waals surface area contributed by atoms with Gasteiger partial charge in [-0.1, -0.05) is 15.9 Å². The van der Waals surface area contributed by atoms with Crippen LogP contribution < -0.4 is 4.74 Å². The second kappa shape index (κ2) is 5.51. The Labute approximate surface area is 134 Å². The largest absolute Gasteiger partial charge is 0.437 e. The number of thiazole rings is 1. The molecule has 4 nitrogen and oxygen atoms in total. The summed E-state index contributed by atoms with van der Waals surface area (Å²) in [5, 5.41) is 11.7. The minimum Gasteiger partial charge on any atom is -0.437 e. The van der Waals surface area contributed by atoms with Gasteiger partial charge in [0.1, 0.15) is 5.75 Å². The molecule has 1 aromatic carbocycles. The molecular weight excluding hydrogens is 350 g/mol. The molecule has 0 aliphatic heterocycles. The molecule has 2 heterocycles. The third kappa shape index (κ3) is 2.43. The average Bonchev–Trinajstić information content (AvgIpc) is 3.02. The highest BCUT2D eigenvalue weighted by Gasteiger charge is 2.16. The third-order valence-corrected chi connectivity index (χ3v) is 4.53. The molecule has 3 aromatic rings. The quantitative estimate of drug-likeness (QED) is 0.642. The molecule has 0 saturated carbocycles. The van der Waals surface area contributed by atoms with Crippen molar-refractivity contribution in [1.29, 1.82) is 5.26 Å². The van der Waals surface area contributed by atoms with Gasteiger partial charge in [0.15, 0.2) is 4.96 Å². The summed E-state index contributed by atoms with van der Waals surface area (Å²) < 4.78 is 8.06. The Morgan fingerprint density at radius 3 is 2.71 bits per heavy atom. The summed E-state index contributed by atoms with van der Waals surface area (Å²) in [5.41, 5.74) is 3.49. The van der Waals surface area contributed by atoms with E-state index in [0.717, 1.165) is 27.5 Å². The van der Waals surface area contributed by atoms with E-state index in [1.54, 1.807) is 11.3 Å².